The topological polar surface area (TPSA) is 80.1 Å². The molecule has 192 valence electrons. The van der Waals surface area contributed by atoms with E-state index in [1.807, 2.05) is 31.2 Å². The van der Waals surface area contributed by atoms with Crippen molar-refractivity contribution in [2.45, 2.75) is 25.9 Å². The summed E-state index contributed by atoms with van der Waals surface area (Å²) in [4.78, 5) is 34.2. The lowest BCUT2D eigenvalue weighted by atomic mass is 9.98. The Morgan fingerprint density at radius 3 is 2.55 bits per heavy atom. The molecule has 2 amide bonds. The molecule has 5 aromatic rings. The maximum atomic E-state index is 13.7. The molecule has 1 saturated heterocycles. The van der Waals surface area contributed by atoms with E-state index in [4.69, 9.17) is 11.6 Å². The van der Waals surface area contributed by atoms with Gasteiger partial charge in [0.15, 0.2) is 0 Å². The standard InChI is InChI=1S/C27H21ClFN5O2S2/c1-14-23(32-26(35)25-15(2)30-13-37-25)24(21-9-10-22(28)38-21)33(27(14)36)19-7-8-20-16(11-19)12-31-34(20)18-5-3-17(29)4-6-18/h3-14,23-24H,1-2H3,(H,32,35). The van der Waals surface area contributed by atoms with Gasteiger partial charge in [0.1, 0.15) is 10.7 Å². The highest BCUT2D eigenvalue weighted by Gasteiger charge is 2.48. The maximum Gasteiger partial charge on any atom is 0.263 e. The van der Waals surface area contributed by atoms with Crippen molar-refractivity contribution in [1.82, 2.24) is 20.1 Å². The Morgan fingerprint density at radius 2 is 1.87 bits per heavy atom. The second kappa shape index (κ2) is 9.61. The van der Waals surface area contributed by atoms with E-state index in [2.05, 4.69) is 15.4 Å². The number of hydrogen-bond acceptors (Lipinski definition) is 6. The zero-order chi connectivity index (χ0) is 26.6. The fraction of sp³-hybridized carbons (Fsp3) is 0.185. The molecule has 1 fully saturated rings. The predicted octanol–water partition coefficient (Wildman–Crippen LogP) is 6.17. The van der Waals surface area contributed by atoms with Crippen molar-refractivity contribution in [2.24, 2.45) is 5.92 Å². The summed E-state index contributed by atoms with van der Waals surface area (Å²) in [6.45, 7) is 3.62. The fourth-order valence-corrected chi connectivity index (χ4v) is 6.83. The van der Waals surface area contributed by atoms with Crippen LogP contribution in [0.25, 0.3) is 16.6 Å². The van der Waals surface area contributed by atoms with E-state index in [0.29, 0.717) is 20.6 Å². The molecule has 7 nitrogen and oxygen atoms in total. The Hall–Kier alpha value is -3.60. The van der Waals surface area contributed by atoms with Gasteiger partial charge in [-0.25, -0.2) is 14.1 Å². The molecule has 3 aromatic heterocycles. The number of halogens is 2. The highest BCUT2D eigenvalue weighted by Crippen LogP contribution is 2.44. The summed E-state index contributed by atoms with van der Waals surface area (Å²) in [5, 5.41) is 8.42. The summed E-state index contributed by atoms with van der Waals surface area (Å²) >= 11 is 8.96. The average molecular weight is 566 g/mol. The molecule has 0 spiro atoms. The quantitative estimate of drug-likeness (QED) is 0.276. The number of carbonyl (C=O) groups excluding carboxylic acids is 2. The fourth-order valence-electron chi connectivity index (χ4n) is 4.92. The largest absolute Gasteiger partial charge is 0.345 e. The van der Waals surface area contributed by atoms with Gasteiger partial charge >= 0.3 is 0 Å². The van der Waals surface area contributed by atoms with Gasteiger partial charge in [-0.1, -0.05) is 18.5 Å². The van der Waals surface area contributed by atoms with Crippen LogP contribution in [0.4, 0.5) is 10.1 Å². The lowest BCUT2D eigenvalue weighted by Gasteiger charge is -2.28. The second-order valence-corrected chi connectivity index (χ2v) is 11.7. The molecule has 11 heteroatoms. The Kier molecular flexibility index (Phi) is 6.25. The van der Waals surface area contributed by atoms with Crippen molar-refractivity contribution in [1.29, 1.82) is 0 Å². The van der Waals surface area contributed by atoms with Crippen LogP contribution in [0.2, 0.25) is 4.34 Å². The van der Waals surface area contributed by atoms with Crippen LogP contribution in [0.15, 0.2) is 66.3 Å². The Morgan fingerprint density at radius 1 is 1.11 bits per heavy atom. The van der Waals surface area contributed by atoms with Crippen molar-refractivity contribution >= 4 is 62.7 Å². The minimum Gasteiger partial charge on any atom is -0.345 e. The maximum absolute atomic E-state index is 13.7. The van der Waals surface area contributed by atoms with E-state index in [1.165, 1.54) is 34.8 Å². The van der Waals surface area contributed by atoms with Gasteiger partial charge in [0, 0.05) is 16.0 Å². The Balaban J connectivity index is 1.40. The number of aryl methyl sites for hydroxylation is 1. The first kappa shape index (κ1) is 24.7. The molecule has 1 aliphatic rings. The van der Waals surface area contributed by atoms with Crippen LogP contribution in [-0.4, -0.2) is 32.6 Å². The highest BCUT2D eigenvalue weighted by atomic mass is 35.5. The molecule has 0 radical (unpaired) electrons. The molecule has 4 heterocycles. The van der Waals surface area contributed by atoms with Crippen LogP contribution in [0.3, 0.4) is 0 Å². The van der Waals surface area contributed by atoms with Crippen molar-refractivity contribution in [3.8, 4) is 5.69 Å². The summed E-state index contributed by atoms with van der Waals surface area (Å²) in [5.74, 6) is -1.15. The summed E-state index contributed by atoms with van der Waals surface area (Å²) in [6, 6.07) is 14.5. The molecule has 2 aromatic carbocycles. The van der Waals surface area contributed by atoms with E-state index in [-0.39, 0.29) is 17.6 Å². The second-order valence-electron chi connectivity index (χ2n) is 9.13. The summed E-state index contributed by atoms with van der Waals surface area (Å²) in [6.07, 6.45) is 1.72. The number of thiophene rings is 1. The Bertz CT molecular complexity index is 1680. The van der Waals surface area contributed by atoms with Crippen molar-refractivity contribution in [2.75, 3.05) is 4.90 Å². The van der Waals surface area contributed by atoms with Crippen LogP contribution < -0.4 is 10.2 Å². The number of aromatic nitrogens is 3. The summed E-state index contributed by atoms with van der Waals surface area (Å²) < 4.78 is 15.8. The van der Waals surface area contributed by atoms with Crippen molar-refractivity contribution in [3.63, 3.8) is 0 Å². The number of amides is 2. The number of nitrogens with one attached hydrogen (secondary N) is 1. The average Bonchev–Trinajstić information content (AvgIpc) is 3.68. The predicted molar refractivity (Wildman–Crippen MR) is 148 cm³/mol. The van der Waals surface area contributed by atoms with Crippen LogP contribution >= 0.6 is 34.3 Å². The number of nitrogens with zero attached hydrogens (tertiary/aromatic N) is 4. The van der Waals surface area contributed by atoms with E-state index >= 15 is 0 Å². The monoisotopic (exact) mass is 565 g/mol. The molecule has 6 rings (SSSR count). The molecule has 0 aliphatic carbocycles. The molecule has 0 saturated carbocycles. The lowest BCUT2D eigenvalue weighted by molar-refractivity contribution is -0.120. The van der Waals surface area contributed by atoms with Crippen LogP contribution in [0.5, 0.6) is 0 Å². The van der Waals surface area contributed by atoms with Gasteiger partial charge in [-0.3, -0.25) is 9.59 Å². The molecule has 1 N–H and O–H groups in total. The summed E-state index contributed by atoms with van der Waals surface area (Å²) in [7, 11) is 0. The number of hydrogen-bond donors (Lipinski definition) is 1. The Labute approximate surface area is 230 Å². The van der Waals surface area contributed by atoms with Gasteiger partial charge in [0.2, 0.25) is 5.91 Å². The number of benzene rings is 2. The molecular weight excluding hydrogens is 545 g/mol. The minimum atomic E-state index is -0.483. The van der Waals surface area contributed by atoms with Crippen molar-refractivity contribution in [3.05, 3.63) is 91.9 Å². The van der Waals surface area contributed by atoms with Gasteiger partial charge in [-0.2, -0.15) is 5.10 Å². The smallest absolute Gasteiger partial charge is 0.263 e. The molecule has 3 atom stereocenters. The SMILES string of the molecule is Cc1ncsc1C(=O)NC1C(C)C(=O)N(c2ccc3c(cnn3-c3ccc(F)cc3)c2)C1c1ccc(Cl)s1. The zero-order valence-corrected chi connectivity index (χ0v) is 22.6. The normalized spacial score (nSPS) is 19.4. The molecule has 1 aliphatic heterocycles. The van der Waals surface area contributed by atoms with E-state index in [1.54, 1.807) is 46.4 Å². The van der Waals surface area contributed by atoms with Crippen LogP contribution in [-0.2, 0) is 4.79 Å². The van der Waals surface area contributed by atoms with Gasteiger partial charge in [0.05, 0.1) is 50.9 Å². The van der Waals surface area contributed by atoms with Gasteiger partial charge < -0.3 is 10.2 Å². The molecular formula is C27H21ClFN5O2S2. The molecule has 38 heavy (non-hydrogen) atoms. The minimum absolute atomic E-state index is 0.101. The number of carbonyl (C=O) groups is 2. The van der Waals surface area contributed by atoms with Gasteiger partial charge in [0.25, 0.3) is 5.91 Å². The molecule has 0 bridgehead atoms. The van der Waals surface area contributed by atoms with Crippen molar-refractivity contribution < 1.29 is 14.0 Å². The molecule has 3 unspecified atom stereocenters. The third kappa shape index (κ3) is 4.18. The van der Waals surface area contributed by atoms with E-state index in [9.17, 15) is 14.0 Å². The lowest BCUT2D eigenvalue weighted by Crippen LogP contribution is -2.41. The van der Waals surface area contributed by atoms with Gasteiger partial charge in [-0.15, -0.1) is 22.7 Å². The van der Waals surface area contributed by atoms with Crippen LogP contribution in [0, 0.1) is 18.7 Å². The zero-order valence-electron chi connectivity index (χ0n) is 20.3. The number of anilines is 1. The first-order valence-electron chi connectivity index (χ1n) is 11.8. The first-order valence-corrected chi connectivity index (χ1v) is 13.9. The number of fused-ring (bicyclic) bond motifs is 1. The van der Waals surface area contributed by atoms with Crippen LogP contribution in [0.1, 0.15) is 33.2 Å². The van der Waals surface area contributed by atoms with E-state index < -0.39 is 18.0 Å². The summed E-state index contributed by atoms with van der Waals surface area (Å²) in [5.41, 5.74) is 4.53. The first-order chi connectivity index (χ1) is 18.3. The third-order valence-electron chi connectivity index (χ3n) is 6.82. The number of rotatable bonds is 5. The van der Waals surface area contributed by atoms with E-state index in [0.717, 1.165) is 21.5 Å². The third-order valence-corrected chi connectivity index (χ3v) is 9.05. The van der Waals surface area contributed by atoms with Gasteiger partial charge in [-0.05, 0) is 61.5 Å². The number of thiazole rings is 1. The highest BCUT2D eigenvalue weighted by molar-refractivity contribution is 7.16.